The standard InChI is InChI=1S/C14H25BrN4O/c1-5-19-12(14(15)11(4)18-19)9-16-7-6-13(20)17-8-10(2)3/h10,16H,5-9H2,1-4H3,(H,17,20). The van der Waals surface area contributed by atoms with Crippen LogP contribution in [0.4, 0.5) is 0 Å². The lowest BCUT2D eigenvalue weighted by atomic mass is 10.2. The van der Waals surface area contributed by atoms with Gasteiger partial charge in [-0.1, -0.05) is 13.8 Å². The first-order valence-corrected chi connectivity index (χ1v) is 7.94. The van der Waals surface area contributed by atoms with E-state index in [4.69, 9.17) is 0 Å². The van der Waals surface area contributed by atoms with Gasteiger partial charge in [-0.25, -0.2) is 0 Å². The fourth-order valence-corrected chi connectivity index (χ4v) is 2.28. The molecule has 0 saturated carbocycles. The summed E-state index contributed by atoms with van der Waals surface area (Å²) in [5, 5.41) is 10.7. The molecule has 2 N–H and O–H groups in total. The number of aromatic nitrogens is 2. The van der Waals surface area contributed by atoms with Crippen molar-refractivity contribution < 1.29 is 4.79 Å². The molecule has 0 radical (unpaired) electrons. The van der Waals surface area contributed by atoms with Crippen molar-refractivity contribution in [1.82, 2.24) is 20.4 Å². The number of hydrogen-bond acceptors (Lipinski definition) is 3. The summed E-state index contributed by atoms with van der Waals surface area (Å²) < 4.78 is 3.03. The van der Waals surface area contributed by atoms with Crippen molar-refractivity contribution in [2.75, 3.05) is 13.1 Å². The van der Waals surface area contributed by atoms with Gasteiger partial charge in [0.2, 0.25) is 5.91 Å². The molecule has 0 aliphatic carbocycles. The second-order valence-corrected chi connectivity index (χ2v) is 6.08. The predicted octanol–water partition coefficient (Wildman–Crippen LogP) is 2.23. The molecule has 6 heteroatoms. The lowest BCUT2D eigenvalue weighted by Gasteiger charge is -2.09. The van der Waals surface area contributed by atoms with Gasteiger partial charge in [0.25, 0.3) is 0 Å². The lowest BCUT2D eigenvalue weighted by molar-refractivity contribution is -0.121. The maximum Gasteiger partial charge on any atom is 0.221 e. The molecule has 0 spiro atoms. The van der Waals surface area contributed by atoms with Gasteiger partial charge >= 0.3 is 0 Å². The van der Waals surface area contributed by atoms with E-state index in [1.165, 1.54) is 0 Å². The van der Waals surface area contributed by atoms with Crippen LogP contribution in [0.25, 0.3) is 0 Å². The van der Waals surface area contributed by atoms with Gasteiger partial charge in [-0.3, -0.25) is 9.48 Å². The molecule has 0 saturated heterocycles. The summed E-state index contributed by atoms with van der Waals surface area (Å²) in [6.45, 7) is 11.2. The van der Waals surface area contributed by atoms with Crippen LogP contribution in [-0.2, 0) is 17.9 Å². The van der Waals surface area contributed by atoms with Crippen molar-refractivity contribution in [3.05, 3.63) is 15.9 Å². The topological polar surface area (TPSA) is 59.0 Å². The number of nitrogens with zero attached hydrogens (tertiary/aromatic N) is 2. The van der Waals surface area contributed by atoms with E-state index in [0.29, 0.717) is 25.4 Å². The van der Waals surface area contributed by atoms with Gasteiger partial charge < -0.3 is 10.6 Å². The first-order chi connectivity index (χ1) is 9.45. The van der Waals surface area contributed by atoms with Crippen molar-refractivity contribution in [1.29, 1.82) is 0 Å². The summed E-state index contributed by atoms with van der Waals surface area (Å²) >= 11 is 3.56. The van der Waals surface area contributed by atoms with Crippen LogP contribution in [0.2, 0.25) is 0 Å². The van der Waals surface area contributed by atoms with E-state index in [1.54, 1.807) is 0 Å². The Balaban J connectivity index is 2.33. The molecule has 0 aliphatic rings. The summed E-state index contributed by atoms with van der Waals surface area (Å²) in [6, 6.07) is 0. The van der Waals surface area contributed by atoms with Gasteiger partial charge in [0.1, 0.15) is 0 Å². The Kier molecular flexibility index (Phi) is 7.23. The van der Waals surface area contributed by atoms with Crippen LogP contribution in [0.5, 0.6) is 0 Å². The molecule has 0 aromatic carbocycles. The number of rotatable bonds is 8. The SMILES string of the molecule is CCn1nc(C)c(Br)c1CNCCC(=O)NCC(C)C. The zero-order chi connectivity index (χ0) is 15.1. The summed E-state index contributed by atoms with van der Waals surface area (Å²) in [5.74, 6) is 0.593. The third-order valence-corrected chi connectivity index (χ3v) is 4.01. The molecule has 0 aliphatic heterocycles. The van der Waals surface area contributed by atoms with Crippen LogP contribution in [0.15, 0.2) is 4.47 Å². The van der Waals surface area contributed by atoms with Crippen molar-refractivity contribution in [2.45, 2.75) is 47.2 Å². The van der Waals surface area contributed by atoms with Crippen molar-refractivity contribution in [3.63, 3.8) is 0 Å². The highest BCUT2D eigenvalue weighted by Crippen LogP contribution is 2.20. The third-order valence-electron chi connectivity index (χ3n) is 2.98. The maximum atomic E-state index is 11.6. The Morgan fingerprint density at radius 1 is 1.45 bits per heavy atom. The number of aryl methyl sites for hydroxylation is 2. The first-order valence-electron chi connectivity index (χ1n) is 7.14. The number of halogens is 1. The van der Waals surface area contributed by atoms with E-state index in [1.807, 2.05) is 11.6 Å². The van der Waals surface area contributed by atoms with Crippen LogP contribution in [0.3, 0.4) is 0 Å². The predicted molar refractivity (Wildman–Crippen MR) is 84.5 cm³/mol. The Labute approximate surface area is 129 Å². The number of nitrogens with one attached hydrogen (secondary N) is 2. The van der Waals surface area contributed by atoms with E-state index in [9.17, 15) is 4.79 Å². The van der Waals surface area contributed by atoms with E-state index in [2.05, 4.69) is 52.4 Å². The quantitative estimate of drug-likeness (QED) is 0.711. The number of amides is 1. The van der Waals surface area contributed by atoms with Crippen LogP contribution in [-0.4, -0.2) is 28.8 Å². The zero-order valence-corrected chi connectivity index (χ0v) is 14.4. The highest BCUT2D eigenvalue weighted by Gasteiger charge is 2.11. The average molecular weight is 345 g/mol. The smallest absolute Gasteiger partial charge is 0.221 e. The highest BCUT2D eigenvalue weighted by atomic mass is 79.9. The number of carbonyl (C=O) groups excluding carboxylic acids is 1. The van der Waals surface area contributed by atoms with E-state index >= 15 is 0 Å². The summed E-state index contributed by atoms with van der Waals surface area (Å²) in [7, 11) is 0. The average Bonchev–Trinajstić information content (AvgIpc) is 2.68. The van der Waals surface area contributed by atoms with E-state index < -0.39 is 0 Å². The van der Waals surface area contributed by atoms with Gasteiger partial charge in [-0.05, 0) is 35.7 Å². The molecule has 0 fully saturated rings. The van der Waals surface area contributed by atoms with Crippen molar-refractivity contribution in [3.8, 4) is 0 Å². The van der Waals surface area contributed by atoms with Crippen LogP contribution in [0, 0.1) is 12.8 Å². The molecule has 114 valence electrons. The molecular formula is C14H25BrN4O. The fraction of sp³-hybridized carbons (Fsp3) is 0.714. The Morgan fingerprint density at radius 2 is 2.15 bits per heavy atom. The zero-order valence-electron chi connectivity index (χ0n) is 12.8. The first kappa shape index (κ1) is 17.2. The molecule has 1 amide bonds. The molecule has 1 aromatic heterocycles. The molecule has 0 atom stereocenters. The molecule has 20 heavy (non-hydrogen) atoms. The molecule has 1 rings (SSSR count). The van der Waals surface area contributed by atoms with Gasteiger partial charge in [0, 0.05) is 32.6 Å². The second kappa shape index (κ2) is 8.42. The van der Waals surface area contributed by atoms with E-state index in [-0.39, 0.29) is 5.91 Å². The highest BCUT2D eigenvalue weighted by molar-refractivity contribution is 9.10. The largest absolute Gasteiger partial charge is 0.356 e. The van der Waals surface area contributed by atoms with Gasteiger partial charge in [0.15, 0.2) is 0 Å². The lowest BCUT2D eigenvalue weighted by Crippen LogP contribution is -2.30. The molecule has 5 nitrogen and oxygen atoms in total. The summed E-state index contributed by atoms with van der Waals surface area (Å²) in [5.41, 5.74) is 2.13. The number of carbonyl (C=O) groups is 1. The second-order valence-electron chi connectivity index (χ2n) is 5.29. The van der Waals surface area contributed by atoms with Gasteiger partial charge in [-0.2, -0.15) is 5.10 Å². The number of hydrogen-bond donors (Lipinski definition) is 2. The van der Waals surface area contributed by atoms with Gasteiger partial charge in [0.05, 0.1) is 15.9 Å². The summed E-state index contributed by atoms with van der Waals surface area (Å²) in [4.78, 5) is 11.6. The van der Waals surface area contributed by atoms with E-state index in [0.717, 1.165) is 29.0 Å². The molecule has 1 aromatic rings. The molecule has 1 heterocycles. The van der Waals surface area contributed by atoms with Crippen molar-refractivity contribution in [2.24, 2.45) is 5.92 Å². The van der Waals surface area contributed by atoms with Crippen LogP contribution >= 0.6 is 15.9 Å². The Bertz CT molecular complexity index is 443. The minimum Gasteiger partial charge on any atom is -0.356 e. The minimum atomic E-state index is 0.102. The fourth-order valence-electron chi connectivity index (χ4n) is 1.85. The normalized spacial score (nSPS) is 11.1. The van der Waals surface area contributed by atoms with Crippen LogP contribution in [0.1, 0.15) is 38.6 Å². The monoisotopic (exact) mass is 344 g/mol. The minimum absolute atomic E-state index is 0.102. The molecule has 0 unspecified atom stereocenters. The molecular weight excluding hydrogens is 320 g/mol. The molecule has 0 bridgehead atoms. The van der Waals surface area contributed by atoms with Crippen LogP contribution < -0.4 is 10.6 Å². The van der Waals surface area contributed by atoms with Gasteiger partial charge in [-0.15, -0.1) is 0 Å². The Hall–Kier alpha value is -0.880. The third kappa shape index (κ3) is 5.25. The summed E-state index contributed by atoms with van der Waals surface area (Å²) in [6.07, 6.45) is 0.504. The maximum absolute atomic E-state index is 11.6. The van der Waals surface area contributed by atoms with Crippen molar-refractivity contribution >= 4 is 21.8 Å². The Morgan fingerprint density at radius 3 is 2.75 bits per heavy atom.